The summed E-state index contributed by atoms with van der Waals surface area (Å²) in [6, 6.07) is 5.19. The Balaban J connectivity index is 1.10. The van der Waals surface area contributed by atoms with Crippen molar-refractivity contribution < 1.29 is 19.4 Å². The number of piperidine rings is 1. The molecular weight excluding hydrogens is 503 g/mol. The third kappa shape index (κ3) is 5.48. The molecule has 4 N–H and O–H groups in total. The second-order valence-corrected chi connectivity index (χ2v) is 11.8. The lowest BCUT2D eigenvalue weighted by molar-refractivity contribution is -0.137. The highest BCUT2D eigenvalue weighted by Gasteiger charge is 2.55. The number of aliphatic hydroxyl groups excluding tert-OH is 1. The molecule has 2 bridgehead atoms. The molecule has 0 aromatic heterocycles. The molecular formula is C26H36Cl2N4O4. The number of amides is 2. The average molecular weight is 540 g/mol. The van der Waals surface area contributed by atoms with E-state index in [0.29, 0.717) is 41.1 Å². The summed E-state index contributed by atoms with van der Waals surface area (Å²) in [5.74, 6) is 0.197. The van der Waals surface area contributed by atoms with Crippen molar-refractivity contribution in [2.45, 2.75) is 87.1 Å². The van der Waals surface area contributed by atoms with E-state index in [1.807, 2.05) is 0 Å². The smallest absolute Gasteiger partial charge is 0.258 e. The maximum atomic E-state index is 13.1. The summed E-state index contributed by atoms with van der Waals surface area (Å²) in [5, 5.41) is 21.6. The lowest BCUT2D eigenvalue weighted by Crippen LogP contribution is -2.71. The molecule has 0 spiro atoms. The highest BCUT2D eigenvalue weighted by Crippen LogP contribution is 2.47. The van der Waals surface area contributed by atoms with Gasteiger partial charge in [0.15, 0.2) is 6.61 Å². The van der Waals surface area contributed by atoms with Gasteiger partial charge in [0.1, 0.15) is 5.75 Å². The number of hydrogen-bond acceptors (Lipinski definition) is 6. The fourth-order valence-corrected chi connectivity index (χ4v) is 6.81. The molecule has 198 valence electrons. The first-order valence-electron chi connectivity index (χ1n) is 13.1. The van der Waals surface area contributed by atoms with Gasteiger partial charge < -0.3 is 25.8 Å². The van der Waals surface area contributed by atoms with Gasteiger partial charge in [-0.3, -0.25) is 14.5 Å². The molecule has 10 heteroatoms. The number of benzene rings is 1. The molecule has 2 aliphatic heterocycles. The van der Waals surface area contributed by atoms with E-state index in [1.165, 1.54) is 25.9 Å². The molecule has 3 atom stereocenters. The summed E-state index contributed by atoms with van der Waals surface area (Å²) in [7, 11) is 0. The van der Waals surface area contributed by atoms with Crippen LogP contribution in [0.5, 0.6) is 5.75 Å². The number of halogens is 2. The van der Waals surface area contributed by atoms with Gasteiger partial charge in [-0.15, -0.1) is 0 Å². The summed E-state index contributed by atoms with van der Waals surface area (Å²) < 4.78 is 5.56. The largest absolute Gasteiger partial charge is 0.484 e. The zero-order chi connectivity index (χ0) is 25.3. The molecule has 2 amide bonds. The molecule has 6 rings (SSSR count). The average Bonchev–Trinajstić information content (AvgIpc) is 3.41. The number of likely N-dealkylation sites (tertiary alicyclic amines) is 1. The summed E-state index contributed by atoms with van der Waals surface area (Å²) in [6.45, 7) is 3.02. The van der Waals surface area contributed by atoms with Crippen LogP contribution >= 0.6 is 23.2 Å². The van der Waals surface area contributed by atoms with Crippen LogP contribution in [-0.2, 0) is 9.59 Å². The van der Waals surface area contributed by atoms with Gasteiger partial charge in [0.2, 0.25) is 5.91 Å². The first kappa shape index (κ1) is 26.0. The van der Waals surface area contributed by atoms with Crippen LogP contribution in [0.15, 0.2) is 18.2 Å². The van der Waals surface area contributed by atoms with Crippen molar-refractivity contribution in [2.75, 3.05) is 26.2 Å². The number of hydrogen-bond donors (Lipinski definition) is 4. The molecule has 2 heterocycles. The van der Waals surface area contributed by atoms with Crippen LogP contribution in [0.25, 0.3) is 0 Å². The molecule has 1 aromatic carbocycles. The minimum absolute atomic E-state index is 0.0375. The molecule has 0 radical (unpaired) electrons. The number of nitrogens with zero attached hydrogens (tertiary/aromatic N) is 1. The molecule has 2 saturated heterocycles. The van der Waals surface area contributed by atoms with E-state index in [9.17, 15) is 14.7 Å². The predicted molar refractivity (Wildman–Crippen MR) is 138 cm³/mol. The fraction of sp³-hybridized carbons (Fsp3) is 0.692. The monoisotopic (exact) mass is 538 g/mol. The van der Waals surface area contributed by atoms with E-state index in [-0.39, 0.29) is 24.5 Å². The molecule has 36 heavy (non-hydrogen) atoms. The Morgan fingerprint density at radius 3 is 2.47 bits per heavy atom. The number of rotatable bonds is 7. The third-order valence-corrected chi connectivity index (χ3v) is 9.46. The molecule has 5 aliphatic rings. The quantitative estimate of drug-likeness (QED) is 0.425. The number of carbonyl (C=O) groups excluding carboxylic acids is 2. The Kier molecular flexibility index (Phi) is 7.71. The Labute approximate surface area is 222 Å². The highest BCUT2D eigenvalue weighted by atomic mass is 35.5. The van der Waals surface area contributed by atoms with Crippen LogP contribution in [0.2, 0.25) is 10.0 Å². The lowest BCUT2D eigenvalue weighted by atomic mass is 9.59. The number of aliphatic hydroxyl groups is 1. The van der Waals surface area contributed by atoms with Crippen molar-refractivity contribution in [3.63, 3.8) is 0 Å². The van der Waals surface area contributed by atoms with E-state index < -0.39 is 17.2 Å². The second kappa shape index (κ2) is 10.7. The molecule has 1 aromatic rings. The van der Waals surface area contributed by atoms with E-state index in [2.05, 4.69) is 20.9 Å². The van der Waals surface area contributed by atoms with Crippen LogP contribution in [0.1, 0.15) is 57.8 Å². The van der Waals surface area contributed by atoms with Gasteiger partial charge in [0, 0.05) is 24.2 Å². The van der Waals surface area contributed by atoms with Crippen LogP contribution in [0, 0.1) is 0 Å². The van der Waals surface area contributed by atoms with Gasteiger partial charge in [-0.2, -0.15) is 0 Å². The van der Waals surface area contributed by atoms with Crippen molar-refractivity contribution >= 4 is 35.0 Å². The summed E-state index contributed by atoms with van der Waals surface area (Å²) in [5.41, 5.74) is -1.09. The van der Waals surface area contributed by atoms with Crippen molar-refractivity contribution in [3.05, 3.63) is 28.2 Å². The van der Waals surface area contributed by atoms with Gasteiger partial charge in [-0.05, 0) is 83.0 Å². The minimum Gasteiger partial charge on any atom is -0.484 e. The van der Waals surface area contributed by atoms with E-state index in [1.54, 1.807) is 18.2 Å². The Bertz CT molecular complexity index is 971. The number of ether oxygens (including phenoxy) is 1. The Morgan fingerprint density at radius 2 is 1.83 bits per heavy atom. The molecule has 8 nitrogen and oxygen atoms in total. The first-order chi connectivity index (χ1) is 17.3. The third-order valence-electron chi connectivity index (χ3n) is 8.72. The standard InChI is InChI=1S/C26H36Cl2N4O4/c27-19-5-4-18(13-20(19)28)36-16-23(34)30-26-9-7-25(8-10-26,14-22(26)33)31-24(35)21-6-3-17(15-29-21)32-11-1-2-12-32/h4-5,13,17,21-22,29,33H,1-3,6-12,14-16H2,(H,30,34)(H,31,35)/t17?,21?,22-,25?,26?/m0/s1. The van der Waals surface area contributed by atoms with Crippen molar-refractivity contribution in [1.82, 2.24) is 20.9 Å². The zero-order valence-corrected chi connectivity index (χ0v) is 22.0. The maximum absolute atomic E-state index is 13.1. The van der Waals surface area contributed by atoms with E-state index in [0.717, 1.165) is 32.2 Å². The molecule has 3 saturated carbocycles. The summed E-state index contributed by atoms with van der Waals surface area (Å²) >= 11 is 11.9. The minimum atomic E-state index is -0.729. The number of fused-ring (bicyclic) bond motifs is 3. The van der Waals surface area contributed by atoms with E-state index >= 15 is 0 Å². The Hall–Kier alpha value is -1.58. The van der Waals surface area contributed by atoms with Gasteiger partial charge in [-0.25, -0.2) is 0 Å². The second-order valence-electron chi connectivity index (χ2n) is 11.0. The van der Waals surface area contributed by atoms with Gasteiger partial charge in [0.25, 0.3) is 5.91 Å². The zero-order valence-electron chi connectivity index (χ0n) is 20.5. The Morgan fingerprint density at radius 1 is 1.08 bits per heavy atom. The number of carbonyl (C=O) groups is 2. The van der Waals surface area contributed by atoms with Crippen LogP contribution in [0.4, 0.5) is 0 Å². The normalized spacial score (nSPS) is 34.4. The van der Waals surface area contributed by atoms with Crippen molar-refractivity contribution in [1.29, 1.82) is 0 Å². The first-order valence-corrected chi connectivity index (χ1v) is 13.9. The van der Waals surface area contributed by atoms with Crippen LogP contribution < -0.4 is 20.7 Å². The summed E-state index contributed by atoms with van der Waals surface area (Å²) in [4.78, 5) is 28.3. The van der Waals surface area contributed by atoms with Gasteiger partial charge in [0.05, 0.1) is 27.7 Å². The lowest BCUT2D eigenvalue weighted by Gasteiger charge is -2.56. The van der Waals surface area contributed by atoms with E-state index in [4.69, 9.17) is 27.9 Å². The van der Waals surface area contributed by atoms with Gasteiger partial charge in [-0.1, -0.05) is 23.2 Å². The highest BCUT2D eigenvalue weighted by molar-refractivity contribution is 6.42. The molecule has 3 aliphatic carbocycles. The fourth-order valence-electron chi connectivity index (χ4n) is 6.52. The van der Waals surface area contributed by atoms with Crippen LogP contribution in [-0.4, -0.2) is 77.3 Å². The van der Waals surface area contributed by atoms with Gasteiger partial charge >= 0.3 is 0 Å². The topological polar surface area (TPSA) is 103 Å². The maximum Gasteiger partial charge on any atom is 0.258 e. The van der Waals surface area contributed by atoms with Crippen molar-refractivity contribution in [2.24, 2.45) is 0 Å². The summed E-state index contributed by atoms with van der Waals surface area (Å²) in [6.07, 6.45) is 6.83. The SMILES string of the molecule is O=C(COc1ccc(Cl)c(Cl)c1)NC12CCC(NC(=O)C3CCC(N4CCCC4)CN3)(CC1)C[C@@H]2O. The molecule has 5 fully saturated rings. The predicted octanol–water partition coefficient (Wildman–Crippen LogP) is 2.64. The van der Waals surface area contributed by atoms with Crippen LogP contribution in [0.3, 0.4) is 0 Å². The number of nitrogens with one attached hydrogen (secondary N) is 3. The molecule has 2 unspecified atom stereocenters. The van der Waals surface area contributed by atoms with Crippen molar-refractivity contribution in [3.8, 4) is 5.75 Å².